The van der Waals surface area contributed by atoms with Crippen LogP contribution in [-0.2, 0) is 14.9 Å². The molecule has 0 unspecified atom stereocenters. The summed E-state index contributed by atoms with van der Waals surface area (Å²) in [6.07, 6.45) is 0. The first-order chi connectivity index (χ1) is 11.8. The van der Waals surface area contributed by atoms with Crippen molar-refractivity contribution in [3.05, 3.63) is 46.4 Å². The number of benzene rings is 2. The number of rotatable bonds is 6. The van der Waals surface area contributed by atoms with Gasteiger partial charge in [-0.1, -0.05) is 15.9 Å². The highest BCUT2D eigenvalue weighted by molar-refractivity contribution is 9.10. The van der Waals surface area contributed by atoms with Crippen molar-refractivity contribution in [1.82, 2.24) is 0 Å². The van der Waals surface area contributed by atoms with E-state index in [-0.39, 0.29) is 27.7 Å². The van der Waals surface area contributed by atoms with Crippen LogP contribution in [0.4, 0.5) is 0 Å². The Morgan fingerprint density at radius 1 is 0.920 bits per heavy atom. The summed E-state index contributed by atoms with van der Waals surface area (Å²) in [6.45, 7) is 0. The highest BCUT2D eigenvalue weighted by atomic mass is 79.9. The van der Waals surface area contributed by atoms with Gasteiger partial charge in [0, 0.05) is 4.47 Å². The second-order valence-electron chi connectivity index (χ2n) is 4.69. The molecule has 2 aromatic rings. The van der Waals surface area contributed by atoms with Crippen LogP contribution in [0.5, 0.6) is 17.2 Å². The van der Waals surface area contributed by atoms with Gasteiger partial charge in [0.05, 0.1) is 26.9 Å². The number of ether oxygens (including phenoxy) is 3. The van der Waals surface area contributed by atoms with Crippen molar-refractivity contribution in [3.8, 4) is 17.2 Å². The smallest absolute Gasteiger partial charge is 0.343 e. The summed E-state index contributed by atoms with van der Waals surface area (Å²) < 4.78 is 45.7. The predicted molar refractivity (Wildman–Crippen MR) is 92.8 cm³/mol. The van der Waals surface area contributed by atoms with Crippen molar-refractivity contribution in [2.45, 2.75) is 4.90 Å². The normalized spacial score (nSPS) is 10.9. The van der Waals surface area contributed by atoms with E-state index in [0.717, 1.165) is 0 Å². The molecular weight excluding hydrogens is 416 g/mol. The molecule has 0 radical (unpaired) electrons. The average Bonchev–Trinajstić information content (AvgIpc) is 2.61. The third-order valence-electron chi connectivity index (χ3n) is 3.18. The quantitative estimate of drug-likeness (QED) is 0.513. The molecule has 0 saturated carbocycles. The Morgan fingerprint density at radius 3 is 2.16 bits per heavy atom. The van der Waals surface area contributed by atoms with Gasteiger partial charge >= 0.3 is 16.1 Å². The van der Waals surface area contributed by atoms with Crippen LogP contribution in [0.2, 0.25) is 0 Å². The first-order valence-electron chi connectivity index (χ1n) is 6.86. The molecule has 0 amide bonds. The van der Waals surface area contributed by atoms with Gasteiger partial charge in [-0.25, -0.2) is 4.79 Å². The molecule has 0 spiro atoms. The van der Waals surface area contributed by atoms with E-state index in [1.165, 1.54) is 51.7 Å². The first-order valence-corrected chi connectivity index (χ1v) is 9.07. The van der Waals surface area contributed by atoms with Gasteiger partial charge in [-0.3, -0.25) is 0 Å². The standard InChI is InChI=1S/C16H15BrO7S/c1-21-13-7-5-11(17)9-15(13)25(19,20)24-12-6-4-10(16(18)23-3)8-14(12)22-2/h4-9H,1-3H3. The molecule has 0 aliphatic rings. The molecule has 0 aliphatic heterocycles. The molecule has 0 atom stereocenters. The van der Waals surface area contributed by atoms with E-state index in [4.69, 9.17) is 13.7 Å². The largest absolute Gasteiger partial charge is 0.495 e. The second-order valence-corrected chi connectivity index (χ2v) is 7.12. The minimum atomic E-state index is -4.20. The zero-order valence-electron chi connectivity index (χ0n) is 13.6. The van der Waals surface area contributed by atoms with Gasteiger partial charge in [0.15, 0.2) is 11.5 Å². The fourth-order valence-corrected chi connectivity index (χ4v) is 3.64. The van der Waals surface area contributed by atoms with E-state index in [1.807, 2.05) is 0 Å². The lowest BCUT2D eigenvalue weighted by molar-refractivity contribution is 0.0600. The molecule has 2 rings (SSSR count). The van der Waals surface area contributed by atoms with Gasteiger partial charge in [-0.15, -0.1) is 0 Å². The molecule has 134 valence electrons. The summed E-state index contributed by atoms with van der Waals surface area (Å²) in [5.41, 5.74) is 0.198. The van der Waals surface area contributed by atoms with Crippen molar-refractivity contribution in [2.75, 3.05) is 21.3 Å². The summed E-state index contributed by atoms with van der Waals surface area (Å²) in [7, 11) is -0.278. The number of hydrogen-bond donors (Lipinski definition) is 0. The van der Waals surface area contributed by atoms with Crippen molar-refractivity contribution < 1.29 is 31.6 Å². The minimum absolute atomic E-state index is 0.0699. The number of halogens is 1. The monoisotopic (exact) mass is 430 g/mol. The van der Waals surface area contributed by atoms with E-state index in [1.54, 1.807) is 6.07 Å². The molecule has 0 bridgehead atoms. The SMILES string of the molecule is COC(=O)c1ccc(OS(=O)(=O)c2cc(Br)ccc2OC)c(OC)c1. The van der Waals surface area contributed by atoms with E-state index >= 15 is 0 Å². The predicted octanol–water partition coefficient (Wildman–Crippen LogP) is 3.02. The molecular formula is C16H15BrO7S. The van der Waals surface area contributed by atoms with Gasteiger partial charge in [0.2, 0.25) is 0 Å². The van der Waals surface area contributed by atoms with Gasteiger partial charge in [0.25, 0.3) is 0 Å². The molecule has 0 fully saturated rings. The Labute approximate surface area is 153 Å². The van der Waals surface area contributed by atoms with E-state index in [2.05, 4.69) is 20.7 Å². The van der Waals surface area contributed by atoms with Crippen LogP contribution in [0.15, 0.2) is 45.8 Å². The third kappa shape index (κ3) is 4.23. The van der Waals surface area contributed by atoms with Crippen molar-refractivity contribution in [1.29, 1.82) is 0 Å². The molecule has 25 heavy (non-hydrogen) atoms. The molecule has 9 heteroatoms. The molecule has 0 heterocycles. The minimum Gasteiger partial charge on any atom is -0.495 e. The maximum atomic E-state index is 12.6. The summed E-state index contributed by atoms with van der Waals surface area (Å²) in [5, 5.41) is 0. The van der Waals surface area contributed by atoms with Gasteiger partial charge in [0.1, 0.15) is 10.6 Å². The van der Waals surface area contributed by atoms with Crippen LogP contribution in [0.25, 0.3) is 0 Å². The maximum absolute atomic E-state index is 12.6. The van der Waals surface area contributed by atoms with Crippen molar-refractivity contribution in [3.63, 3.8) is 0 Å². The number of methoxy groups -OCH3 is 3. The molecule has 2 aromatic carbocycles. The molecule has 0 aromatic heterocycles. The number of carbonyl (C=O) groups is 1. The Bertz CT molecular complexity index is 893. The number of esters is 1. The van der Waals surface area contributed by atoms with E-state index < -0.39 is 16.1 Å². The number of carbonyl (C=O) groups excluding carboxylic acids is 1. The lowest BCUT2D eigenvalue weighted by Crippen LogP contribution is -2.12. The summed E-state index contributed by atoms with van der Waals surface area (Å²) in [6, 6.07) is 8.52. The molecule has 0 saturated heterocycles. The van der Waals surface area contributed by atoms with Crippen LogP contribution >= 0.6 is 15.9 Å². The number of hydrogen-bond acceptors (Lipinski definition) is 7. The lowest BCUT2D eigenvalue weighted by Gasteiger charge is -2.13. The molecule has 0 N–H and O–H groups in total. The third-order valence-corrected chi connectivity index (χ3v) is 4.93. The summed E-state index contributed by atoms with van der Waals surface area (Å²) >= 11 is 3.21. The Balaban J connectivity index is 2.45. The fraction of sp³-hybridized carbons (Fsp3) is 0.188. The molecule has 7 nitrogen and oxygen atoms in total. The Morgan fingerprint density at radius 2 is 1.56 bits per heavy atom. The van der Waals surface area contributed by atoms with Gasteiger partial charge < -0.3 is 18.4 Å². The Kier molecular flexibility index (Phi) is 5.91. The van der Waals surface area contributed by atoms with Crippen LogP contribution in [0.3, 0.4) is 0 Å². The van der Waals surface area contributed by atoms with Crippen LogP contribution in [0, 0.1) is 0 Å². The molecule has 0 aliphatic carbocycles. The second kappa shape index (κ2) is 7.75. The van der Waals surface area contributed by atoms with E-state index in [9.17, 15) is 13.2 Å². The highest BCUT2D eigenvalue weighted by Gasteiger charge is 2.24. The highest BCUT2D eigenvalue weighted by Crippen LogP contribution is 2.34. The van der Waals surface area contributed by atoms with Crippen molar-refractivity contribution in [2.24, 2.45) is 0 Å². The summed E-state index contributed by atoms with van der Waals surface area (Å²) in [5.74, 6) is -0.452. The van der Waals surface area contributed by atoms with Gasteiger partial charge in [-0.05, 0) is 36.4 Å². The van der Waals surface area contributed by atoms with Crippen molar-refractivity contribution >= 4 is 32.0 Å². The lowest BCUT2D eigenvalue weighted by atomic mass is 10.2. The zero-order valence-corrected chi connectivity index (χ0v) is 16.0. The topological polar surface area (TPSA) is 88.1 Å². The van der Waals surface area contributed by atoms with Gasteiger partial charge in [-0.2, -0.15) is 8.42 Å². The summed E-state index contributed by atoms with van der Waals surface area (Å²) in [4.78, 5) is 11.4. The fourth-order valence-electron chi connectivity index (χ4n) is 1.99. The first kappa shape index (κ1) is 19.1. The average molecular weight is 431 g/mol. The zero-order chi connectivity index (χ0) is 18.6. The van der Waals surface area contributed by atoms with Crippen LogP contribution < -0.4 is 13.7 Å². The van der Waals surface area contributed by atoms with E-state index in [0.29, 0.717) is 4.47 Å². The van der Waals surface area contributed by atoms with Crippen LogP contribution in [0.1, 0.15) is 10.4 Å². The Hall–Kier alpha value is -2.26. The van der Waals surface area contributed by atoms with Crippen LogP contribution in [-0.4, -0.2) is 35.7 Å². The maximum Gasteiger partial charge on any atom is 0.343 e.